The van der Waals surface area contributed by atoms with Crippen LogP contribution >= 0.6 is 11.3 Å². The molecule has 0 unspecified atom stereocenters. The van der Waals surface area contributed by atoms with Crippen LogP contribution < -0.4 is 5.32 Å². The predicted octanol–water partition coefficient (Wildman–Crippen LogP) is 3.65. The molecule has 2 rings (SSSR count). The maximum Gasteiger partial charge on any atom is 0.265 e. The number of carbonyl (C=O) groups is 1. The Balaban J connectivity index is 2.33. The lowest BCUT2D eigenvalue weighted by Crippen LogP contribution is -2.31. The second kappa shape index (κ2) is 7.46. The number of amides is 1. The number of nitrogens with zero attached hydrogens (tertiary/aromatic N) is 1. The Hall–Kier alpha value is -1.70. The van der Waals surface area contributed by atoms with Gasteiger partial charge >= 0.3 is 0 Å². The summed E-state index contributed by atoms with van der Waals surface area (Å²) in [7, 11) is -3.57. The van der Waals surface area contributed by atoms with Gasteiger partial charge in [-0.25, -0.2) is 8.42 Å². The standard InChI is InChI=1S/C17H22N2O3S2/c1-5-19(6-2)24(21,22)16-11-14(9-7-12(16)3)18-17(20)15-10-8-13(4)23-15/h7-11H,5-6H2,1-4H3,(H,18,20). The SMILES string of the molecule is CCN(CC)S(=O)(=O)c1cc(NC(=O)c2ccc(C)s2)ccc1C. The normalized spacial score (nSPS) is 11.7. The van der Waals surface area contributed by atoms with Gasteiger partial charge in [-0.2, -0.15) is 4.31 Å². The molecule has 0 radical (unpaired) electrons. The first-order valence-electron chi connectivity index (χ1n) is 7.78. The fourth-order valence-corrected chi connectivity index (χ4v) is 4.88. The fraction of sp³-hybridized carbons (Fsp3) is 0.353. The van der Waals surface area contributed by atoms with Crippen molar-refractivity contribution in [1.29, 1.82) is 0 Å². The summed E-state index contributed by atoms with van der Waals surface area (Å²) in [6, 6.07) is 8.60. The third-order valence-electron chi connectivity index (χ3n) is 3.73. The van der Waals surface area contributed by atoms with Gasteiger partial charge in [-0.15, -0.1) is 11.3 Å². The van der Waals surface area contributed by atoms with Crippen LogP contribution in [-0.2, 0) is 10.0 Å². The van der Waals surface area contributed by atoms with Gasteiger partial charge < -0.3 is 5.32 Å². The van der Waals surface area contributed by atoms with Gasteiger partial charge in [-0.1, -0.05) is 19.9 Å². The van der Waals surface area contributed by atoms with Crippen molar-refractivity contribution in [3.63, 3.8) is 0 Å². The molecular weight excluding hydrogens is 344 g/mol. The second-order valence-electron chi connectivity index (χ2n) is 5.43. The molecule has 0 fully saturated rings. The van der Waals surface area contributed by atoms with Crippen molar-refractivity contribution < 1.29 is 13.2 Å². The minimum atomic E-state index is -3.57. The molecule has 0 aliphatic rings. The third kappa shape index (κ3) is 3.85. The Kier molecular flexibility index (Phi) is 5.79. The van der Waals surface area contributed by atoms with Gasteiger partial charge in [0, 0.05) is 23.7 Å². The summed E-state index contributed by atoms with van der Waals surface area (Å²) >= 11 is 1.40. The molecule has 0 spiro atoms. The van der Waals surface area contributed by atoms with E-state index in [0.717, 1.165) is 4.88 Å². The highest BCUT2D eigenvalue weighted by molar-refractivity contribution is 7.89. The average molecular weight is 367 g/mol. The van der Waals surface area contributed by atoms with E-state index in [0.29, 0.717) is 29.2 Å². The molecule has 1 aromatic carbocycles. The molecule has 0 aliphatic carbocycles. The Labute approximate surface area is 147 Å². The van der Waals surface area contributed by atoms with Gasteiger partial charge in [0.05, 0.1) is 9.77 Å². The van der Waals surface area contributed by atoms with E-state index >= 15 is 0 Å². The van der Waals surface area contributed by atoms with Crippen LogP contribution in [0.5, 0.6) is 0 Å². The molecule has 0 bridgehead atoms. The first-order valence-corrected chi connectivity index (χ1v) is 10.0. The summed E-state index contributed by atoms with van der Waals surface area (Å²) in [4.78, 5) is 14.1. The predicted molar refractivity (Wildman–Crippen MR) is 98.3 cm³/mol. The maximum atomic E-state index is 12.7. The van der Waals surface area contributed by atoms with Crippen molar-refractivity contribution in [3.05, 3.63) is 45.6 Å². The van der Waals surface area contributed by atoms with Crippen molar-refractivity contribution in [2.75, 3.05) is 18.4 Å². The largest absolute Gasteiger partial charge is 0.321 e. The van der Waals surface area contributed by atoms with Gasteiger partial charge in [0.25, 0.3) is 5.91 Å². The zero-order valence-electron chi connectivity index (χ0n) is 14.3. The number of rotatable bonds is 6. The molecule has 5 nitrogen and oxygen atoms in total. The van der Waals surface area contributed by atoms with E-state index in [9.17, 15) is 13.2 Å². The highest BCUT2D eigenvalue weighted by atomic mass is 32.2. The minimum absolute atomic E-state index is 0.228. The number of sulfonamides is 1. The van der Waals surface area contributed by atoms with Crippen LogP contribution in [0.3, 0.4) is 0 Å². The molecule has 2 aromatic rings. The van der Waals surface area contributed by atoms with Crippen LogP contribution in [0.4, 0.5) is 5.69 Å². The monoisotopic (exact) mass is 366 g/mol. The lowest BCUT2D eigenvalue weighted by atomic mass is 10.2. The van der Waals surface area contributed by atoms with Crippen LogP contribution in [0.2, 0.25) is 0 Å². The highest BCUT2D eigenvalue weighted by Gasteiger charge is 2.24. The van der Waals surface area contributed by atoms with Crippen LogP contribution in [0.15, 0.2) is 35.2 Å². The van der Waals surface area contributed by atoms with Crippen LogP contribution in [-0.4, -0.2) is 31.7 Å². The van der Waals surface area contributed by atoms with Crippen molar-refractivity contribution >= 4 is 33.0 Å². The molecule has 0 saturated carbocycles. The van der Waals surface area contributed by atoms with E-state index in [2.05, 4.69) is 5.32 Å². The van der Waals surface area contributed by atoms with Crippen molar-refractivity contribution in [3.8, 4) is 0 Å². The minimum Gasteiger partial charge on any atom is -0.321 e. The van der Waals surface area contributed by atoms with Crippen LogP contribution in [0.25, 0.3) is 0 Å². The highest BCUT2D eigenvalue weighted by Crippen LogP contribution is 2.24. The smallest absolute Gasteiger partial charge is 0.265 e. The number of hydrogen-bond donors (Lipinski definition) is 1. The molecule has 1 N–H and O–H groups in total. The molecule has 0 saturated heterocycles. The summed E-state index contributed by atoms with van der Waals surface area (Å²) < 4.78 is 26.9. The van der Waals surface area contributed by atoms with E-state index in [4.69, 9.17) is 0 Å². The first kappa shape index (κ1) is 18.6. The van der Waals surface area contributed by atoms with Crippen molar-refractivity contribution in [2.24, 2.45) is 0 Å². The summed E-state index contributed by atoms with van der Waals surface area (Å²) in [5.41, 5.74) is 1.13. The first-order chi connectivity index (χ1) is 11.3. The Morgan fingerprint density at radius 3 is 2.33 bits per heavy atom. The van der Waals surface area contributed by atoms with Gasteiger partial charge in [0.2, 0.25) is 10.0 Å². The van der Waals surface area contributed by atoms with E-state index in [-0.39, 0.29) is 10.8 Å². The molecule has 1 heterocycles. The molecule has 1 amide bonds. The molecule has 7 heteroatoms. The van der Waals surface area contributed by atoms with Crippen LogP contribution in [0, 0.1) is 13.8 Å². The lowest BCUT2D eigenvalue weighted by Gasteiger charge is -2.20. The molecule has 130 valence electrons. The summed E-state index contributed by atoms with van der Waals surface area (Å²) in [6.07, 6.45) is 0. The molecule has 0 aliphatic heterocycles. The van der Waals surface area contributed by atoms with Crippen LogP contribution in [0.1, 0.15) is 34.0 Å². The lowest BCUT2D eigenvalue weighted by molar-refractivity contribution is 0.103. The maximum absolute atomic E-state index is 12.7. The molecule has 24 heavy (non-hydrogen) atoms. The summed E-state index contributed by atoms with van der Waals surface area (Å²) in [6.45, 7) is 8.11. The zero-order valence-corrected chi connectivity index (χ0v) is 15.9. The quantitative estimate of drug-likeness (QED) is 0.849. The van der Waals surface area contributed by atoms with E-state index in [1.165, 1.54) is 21.7 Å². The Bertz CT molecular complexity index is 837. The Morgan fingerprint density at radius 1 is 1.12 bits per heavy atom. The van der Waals surface area contributed by atoms with Crippen molar-refractivity contribution in [1.82, 2.24) is 4.31 Å². The molecule has 1 aromatic heterocycles. The zero-order chi connectivity index (χ0) is 17.9. The number of benzene rings is 1. The summed E-state index contributed by atoms with van der Waals surface area (Å²) in [5.74, 6) is -0.233. The number of nitrogens with one attached hydrogen (secondary N) is 1. The van der Waals surface area contributed by atoms with E-state index in [1.807, 2.05) is 13.0 Å². The number of thiophene rings is 1. The van der Waals surface area contributed by atoms with Gasteiger partial charge in [0.15, 0.2) is 0 Å². The number of aryl methyl sites for hydroxylation is 2. The molecular formula is C17H22N2O3S2. The topological polar surface area (TPSA) is 66.5 Å². The van der Waals surface area contributed by atoms with Gasteiger partial charge in [0.1, 0.15) is 0 Å². The summed E-state index contributed by atoms with van der Waals surface area (Å²) in [5, 5.41) is 2.77. The molecule has 0 atom stereocenters. The number of hydrogen-bond acceptors (Lipinski definition) is 4. The van der Waals surface area contributed by atoms with E-state index < -0.39 is 10.0 Å². The fourth-order valence-electron chi connectivity index (χ4n) is 2.41. The second-order valence-corrected chi connectivity index (χ2v) is 8.63. The Morgan fingerprint density at radius 2 is 1.79 bits per heavy atom. The van der Waals surface area contributed by atoms with Crippen molar-refractivity contribution in [2.45, 2.75) is 32.6 Å². The average Bonchev–Trinajstić information content (AvgIpc) is 2.96. The van der Waals surface area contributed by atoms with Gasteiger partial charge in [-0.3, -0.25) is 4.79 Å². The number of anilines is 1. The van der Waals surface area contributed by atoms with Gasteiger partial charge in [-0.05, 0) is 43.7 Å². The number of carbonyl (C=O) groups excluding carboxylic acids is 1. The third-order valence-corrected chi connectivity index (χ3v) is 6.92. The van der Waals surface area contributed by atoms with E-state index in [1.54, 1.807) is 39.0 Å².